The molecule has 8 heteroatoms. The number of pyridine rings is 1. The lowest BCUT2D eigenvalue weighted by Crippen LogP contribution is -2.53. The van der Waals surface area contributed by atoms with Crippen molar-refractivity contribution in [3.63, 3.8) is 0 Å². The Hall–Kier alpha value is -1.93. The van der Waals surface area contributed by atoms with Crippen molar-refractivity contribution in [1.82, 2.24) is 25.0 Å². The first-order valence-electron chi connectivity index (χ1n) is 10.2. The van der Waals surface area contributed by atoms with Crippen LogP contribution in [-0.2, 0) is 11.3 Å². The van der Waals surface area contributed by atoms with E-state index in [-0.39, 0.29) is 18.0 Å². The number of thiocarbonyl (C=S) groups is 1. The van der Waals surface area contributed by atoms with E-state index in [2.05, 4.69) is 34.3 Å². The molecule has 1 saturated heterocycles. The van der Waals surface area contributed by atoms with Crippen molar-refractivity contribution in [3.05, 3.63) is 34.2 Å². The number of rotatable bonds is 7. The average Bonchev–Trinajstić information content (AvgIpc) is 2.70. The Morgan fingerprint density at radius 2 is 2.00 bits per heavy atom. The molecule has 0 spiro atoms. The fraction of sp³-hybridized carbons (Fsp3) is 0.650. The molecule has 2 atom stereocenters. The first-order chi connectivity index (χ1) is 13.5. The summed E-state index contributed by atoms with van der Waals surface area (Å²) in [5.74, 6) is 0.682. The smallest absolute Gasteiger partial charge is 0.250 e. The van der Waals surface area contributed by atoms with Crippen molar-refractivity contribution in [3.8, 4) is 0 Å². The highest BCUT2D eigenvalue weighted by Gasteiger charge is 2.35. The lowest BCUT2D eigenvalue weighted by atomic mass is 9.83. The van der Waals surface area contributed by atoms with Crippen LogP contribution in [0.3, 0.4) is 0 Å². The standard InChI is InChI=1S/C20H31N5O2S/c1-3-23(4-2)9-8-21-18(26)11-22-20(28)24-12-15-10-16(14-24)17-6-5-7-19(27)25(17)13-15/h5-7,15-16H,3-4,8-14H2,1-2H3,(H,21,26)(H,22,28). The number of amides is 1. The van der Waals surface area contributed by atoms with Crippen molar-refractivity contribution in [2.75, 3.05) is 45.8 Å². The average molecular weight is 406 g/mol. The number of hydrogen-bond acceptors (Lipinski definition) is 4. The molecule has 1 aromatic rings. The van der Waals surface area contributed by atoms with E-state index in [0.717, 1.165) is 51.4 Å². The van der Waals surface area contributed by atoms with Gasteiger partial charge in [0.05, 0.1) is 6.54 Å². The summed E-state index contributed by atoms with van der Waals surface area (Å²) in [6, 6.07) is 5.52. The Morgan fingerprint density at radius 1 is 1.21 bits per heavy atom. The van der Waals surface area contributed by atoms with E-state index in [1.165, 1.54) is 0 Å². The van der Waals surface area contributed by atoms with E-state index in [1.54, 1.807) is 6.07 Å². The second-order valence-corrected chi connectivity index (χ2v) is 8.03. The van der Waals surface area contributed by atoms with Gasteiger partial charge < -0.3 is 25.0 Å². The SMILES string of the molecule is CCN(CC)CCNC(=O)CNC(=S)N1CC2CC(C1)c1cccc(=O)n1C2. The fourth-order valence-corrected chi connectivity index (χ4v) is 4.51. The van der Waals surface area contributed by atoms with Crippen LogP contribution >= 0.6 is 12.2 Å². The van der Waals surface area contributed by atoms with Crippen LogP contribution in [-0.4, -0.2) is 71.2 Å². The third-order valence-electron chi connectivity index (χ3n) is 5.81. The number of piperidine rings is 1. The van der Waals surface area contributed by atoms with Gasteiger partial charge in [0.2, 0.25) is 5.91 Å². The number of likely N-dealkylation sites (N-methyl/N-ethyl adjacent to an activating group) is 1. The van der Waals surface area contributed by atoms with Gasteiger partial charge in [-0.25, -0.2) is 0 Å². The van der Waals surface area contributed by atoms with Crippen LogP contribution in [0.2, 0.25) is 0 Å². The number of carbonyl (C=O) groups excluding carboxylic acids is 1. The van der Waals surface area contributed by atoms with Crippen molar-refractivity contribution < 1.29 is 4.79 Å². The van der Waals surface area contributed by atoms with Gasteiger partial charge in [-0.15, -0.1) is 0 Å². The van der Waals surface area contributed by atoms with Crippen LogP contribution in [0.5, 0.6) is 0 Å². The van der Waals surface area contributed by atoms with E-state index in [9.17, 15) is 9.59 Å². The monoisotopic (exact) mass is 405 g/mol. The molecular formula is C20H31N5O2S. The lowest BCUT2D eigenvalue weighted by Gasteiger charge is -2.43. The zero-order valence-corrected chi connectivity index (χ0v) is 17.6. The summed E-state index contributed by atoms with van der Waals surface area (Å²) in [6.07, 6.45) is 1.09. The van der Waals surface area contributed by atoms with E-state index in [1.807, 2.05) is 16.7 Å². The highest BCUT2D eigenvalue weighted by atomic mass is 32.1. The minimum absolute atomic E-state index is 0.0383. The van der Waals surface area contributed by atoms with E-state index < -0.39 is 0 Å². The number of nitrogens with one attached hydrogen (secondary N) is 2. The van der Waals surface area contributed by atoms with Crippen molar-refractivity contribution in [2.45, 2.75) is 32.7 Å². The molecule has 3 rings (SSSR count). The van der Waals surface area contributed by atoms with Gasteiger partial charge in [-0.2, -0.15) is 0 Å². The summed E-state index contributed by atoms with van der Waals surface area (Å²) in [5.41, 5.74) is 1.19. The minimum Gasteiger partial charge on any atom is -0.354 e. The molecule has 28 heavy (non-hydrogen) atoms. The van der Waals surface area contributed by atoms with Crippen molar-refractivity contribution in [2.24, 2.45) is 5.92 Å². The number of nitrogens with zero attached hydrogens (tertiary/aromatic N) is 3. The molecule has 2 bridgehead atoms. The Kier molecular flexibility index (Phi) is 7.07. The number of likely N-dealkylation sites (tertiary alicyclic amines) is 1. The van der Waals surface area contributed by atoms with Gasteiger partial charge in [-0.05, 0) is 43.7 Å². The number of fused-ring (bicyclic) bond motifs is 4. The van der Waals surface area contributed by atoms with E-state index in [4.69, 9.17) is 12.2 Å². The van der Waals surface area contributed by atoms with Crippen LogP contribution in [0.1, 0.15) is 31.9 Å². The summed E-state index contributed by atoms with van der Waals surface area (Å²) in [4.78, 5) is 28.6. The van der Waals surface area contributed by atoms with Crippen LogP contribution < -0.4 is 16.2 Å². The topological polar surface area (TPSA) is 69.6 Å². The van der Waals surface area contributed by atoms with Crippen LogP contribution in [0.25, 0.3) is 0 Å². The molecule has 2 unspecified atom stereocenters. The molecule has 2 N–H and O–H groups in total. The molecule has 0 aliphatic carbocycles. The Balaban J connectivity index is 1.47. The normalized spacial score (nSPS) is 20.6. The molecule has 1 aromatic heterocycles. The molecule has 2 aliphatic heterocycles. The quantitative estimate of drug-likeness (QED) is 0.648. The van der Waals surface area contributed by atoms with E-state index >= 15 is 0 Å². The first kappa shape index (κ1) is 20.8. The summed E-state index contributed by atoms with van der Waals surface area (Å²) >= 11 is 5.54. The maximum atomic E-state index is 12.1. The summed E-state index contributed by atoms with van der Waals surface area (Å²) in [5, 5.41) is 6.67. The number of carbonyl (C=O) groups is 1. The summed E-state index contributed by atoms with van der Waals surface area (Å²) in [6.45, 7) is 10.3. The minimum atomic E-state index is -0.0383. The largest absolute Gasteiger partial charge is 0.354 e. The van der Waals surface area contributed by atoms with Crippen molar-refractivity contribution >= 4 is 23.2 Å². The molecule has 0 radical (unpaired) electrons. The lowest BCUT2D eigenvalue weighted by molar-refractivity contribution is -0.120. The molecule has 0 saturated carbocycles. The predicted molar refractivity (Wildman–Crippen MR) is 115 cm³/mol. The van der Waals surface area contributed by atoms with Gasteiger partial charge in [-0.1, -0.05) is 19.9 Å². The second-order valence-electron chi connectivity index (χ2n) is 7.64. The molecule has 7 nitrogen and oxygen atoms in total. The van der Waals surface area contributed by atoms with Crippen LogP contribution in [0.15, 0.2) is 23.0 Å². The highest BCUT2D eigenvalue weighted by Crippen LogP contribution is 2.34. The zero-order valence-electron chi connectivity index (χ0n) is 16.8. The third kappa shape index (κ3) is 4.91. The molecule has 3 heterocycles. The van der Waals surface area contributed by atoms with Crippen LogP contribution in [0, 0.1) is 5.92 Å². The molecule has 154 valence electrons. The molecule has 0 aromatic carbocycles. The second kappa shape index (κ2) is 9.52. The maximum Gasteiger partial charge on any atom is 0.250 e. The Bertz CT molecular complexity index is 761. The van der Waals surface area contributed by atoms with Gasteiger partial charge in [-0.3, -0.25) is 9.59 Å². The fourth-order valence-electron chi connectivity index (χ4n) is 4.29. The van der Waals surface area contributed by atoms with Gasteiger partial charge in [0, 0.05) is 50.4 Å². The molecular weight excluding hydrogens is 374 g/mol. The predicted octanol–water partition coefficient (Wildman–Crippen LogP) is 0.600. The van der Waals surface area contributed by atoms with Crippen LogP contribution in [0.4, 0.5) is 0 Å². The highest BCUT2D eigenvalue weighted by molar-refractivity contribution is 7.80. The number of aromatic nitrogens is 1. The first-order valence-corrected chi connectivity index (χ1v) is 10.6. The maximum absolute atomic E-state index is 12.1. The Morgan fingerprint density at radius 3 is 2.75 bits per heavy atom. The Labute approximate surface area is 172 Å². The van der Waals surface area contributed by atoms with Gasteiger partial charge in [0.15, 0.2) is 5.11 Å². The van der Waals surface area contributed by atoms with Gasteiger partial charge in [0.1, 0.15) is 0 Å². The van der Waals surface area contributed by atoms with Crippen molar-refractivity contribution in [1.29, 1.82) is 0 Å². The zero-order chi connectivity index (χ0) is 20.1. The number of hydrogen-bond donors (Lipinski definition) is 2. The molecule has 1 amide bonds. The molecule has 2 aliphatic rings. The summed E-state index contributed by atoms with van der Waals surface area (Å²) in [7, 11) is 0. The van der Waals surface area contributed by atoms with E-state index in [0.29, 0.717) is 23.5 Å². The summed E-state index contributed by atoms with van der Waals surface area (Å²) < 4.78 is 1.91. The van der Waals surface area contributed by atoms with Gasteiger partial charge >= 0.3 is 0 Å². The third-order valence-corrected chi connectivity index (χ3v) is 6.21. The molecule has 1 fully saturated rings. The van der Waals surface area contributed by atoms with Gasteiger partial charge in [0.25, 0.3) is 5.56 Å².